The van der Waals surface area contributed by atoms with Gasteiger partial charge in [0.05, 0.1) is 5.39 Å². The zero-order chi connectivity index (χ0) is 36.0. The number of rotatable bonds is 7. The van der Waals surface area contributed by atoms with Gasteiger partial charge in [0.25, 0.3) is 5.69 Å². The third-order valence-corrected chi connectivity index (χ3v) is 8.37. The molecule has 6 nitrogen and oxygen atoms in total. The van der Waals surface area contributed by atoms with E-state index in [1.165, 1.54) is 5.39 Å². The van der Waals surface area contributed by atoms with Crippen LogP contribution in [0.5, 0.6) is 23.0 Å². The summed E-state index contributed by atoms with van der Waals surface area (Å²) in [5.41, 5.74) is 6.18. The molecule has 0 atom stereocenters. The zero-order valence-electron chi connectivity index (χ0n) is 29.2. The molecule has 0 aliphatic carbocycles. The molecule has 0 N–H and O–H groups in total. The summed E-state index contributed by atoms with van der Waals surface area (Å²) >= 11 is 0. The van der Waals surface area contributed by atoms with E-state index in [1.54, 1.807) is 23.2 Å². The van der Waals surface area contributed by atoms with Gasteiger partial charge >= 0.3 is 53.8 Å². The molecule has 0 fully saturated rings. The second-order valence-corrected chi connectivity index (χ2v) is 11.9. The van der Waals surface area contributed by atoms with E-state index in [0.717, 1.165) is 44.8 Å². The molecule has 55 heavy (non-hydrogen) atoms. The number of hydrogen-bond donors (Lipinski definition) is 0. The number of fused-ring (bicyclic) bond motifs is 3. The maximum absolute atomic E-state index is 6.57. The molecule has 6 aromatic carbocycles. The van der Waals surface area contributed by atoms with E-state index in [9.17, 15) is 0 Å². The van der Waals surface area contributed by atoms with Crippen molar-refractivity contribution in [3.8, 4) is 51.4 Å². The summed E-state index contributed by atoms with van der Waals surface area (Å²) in [5, 5.41) is 2.32. The van der Waals surface area contributed by atoms with Crippen LogP contribution in [0, 0.1) is 42.8 Å². The number of benzene rings is 6. The standard InChI is InChI=1S/C41H24N3O2.C6H4N.2Pt/c1-43-28-44(41-38-19-6-5-10-29(38)20-21-40(41)43)33-13-9-18-37(27-33)46-36-17-8-12-32(25-36)39-26-31(22-23-42-39)30-11-7-16-35(24-30)45-34-14-3-2-4-15-34;1-2-7-5-3-4-6-7;;/h2-14,16-21,23,26H,1H3;3-6H;;/q-3;-1;+2;+4. The number of hydrogen-bond acceptors (Lipinski definition) is 3. The minimum atomic E-state index is 0. The van der Waals surface area contributed by atoms with Gasteiger partial charge in [0.15, 0.2) is 7.05 Å². The molecule has 1 aliphatic rings. The smallest absolute Gasteiger partial charge is 0.669 e. The zero-order valence-corrected chi connectivity index (χ0v) is 33.7. The Morgan fingerprint density at radius 3 is 2.11 bits per heavy atom. The van der Waals surface area contributed by atoms with E-state index in [2.05, 4.69) is 83.8 Å². The molecule has 0 unspecified atom stereocenters. The molecule has 9 rings (SSSR count). The van der Waals surface area contributed by atoms with Gasteiger partial charge < -0.3 is 25.4 Å². The van der Waals surface area contributed by atoms with Crippen molar-refractivity contribution >= 4 is 33.8 Å². The average molecular weight is 1070 g/mol. The maximum atomic E-state index is 6.57. The second-order valence-electron chi connectivity index (χ2n) is 11.9. The summed E-state index contributed by atoms with van der Waals surface area (Å²) in [6.45, 7) is 0. The Hall–Kier alpha value is -6.07. The Kier molecular flexibility index (Phi) is 12.5. The summed E-state index contributed by atoms with van der Waals surface area (Å²) in [6, 6.07) is 65.2. The minimum Gasteiger partial charge on any atom is -0.669 e. The number of para-hydroxylation sites is 1. The molecule has 266 valence electrons. The number of nitrogens with zero attached hydrogens (tertiary/aromatic N) is 4. The molecule has 0 bridgehead atoms. The molecule has 3 heterocycles. The molecule has 0 spiro atoms. The van der Waals surface area contributed by atoms with Crippen LogP contribution in [0.4, 0.5) is 17.1 Å². The van der Waals surface area contributed by atoms with E-state index >= 15 is 0 Å². The van der Waals surface area contributed by atoms with Crippen LogP contribution in [0.1, 0.15) is 0 Å². The molecular weight excluding hydrogens is 1040 g/mol. The van der Waals surface area contributed by atoms with Crippen molar-refractivity contribution in [2.24, 2.45) is 0 Å². The van der Waals surface area contributed by atoms with Crippen molar-refractivity contribution in [2.75, 3.05) is 7.05 Å². The van der Waals surface area contributed by atoms with Crippen LogP contribution in [0.3, 0.4) is 0 Å². The van der Waals surface area contributed by atoms with E-state index in [0.29, 0.717) is 23.0 Å². The first kappa shape index (κ1) is 38.6. The Balaban J connectivity index is 0.000000517. The Morgan fingerprint density at radius 2 is 1.36 bits per heavy atom. The number of pyridine rings is 1. The second kappa shape index (κ2) is 17.8. The Morgan fingerprint density at radius 1 is 0.691 bits per heavy atom. The Bertz CT molecular complexity index is 2700. The maximum Gasteiger partial charge on any atom is 4.00 e. The minimum absolute atomic E-state index is 0. The normalized spacial score (nSPS) is 11.0. The summed E-state index contributed by atoms with van der Waals surface area (Å²) in [4.78, 5) is 4.57. The van der Waals surface area contributed by atoms with Crippen LogP contribution in [-0.2, 0) is 42.1 Å². The fraction of sp³-hybridized carbons (Fsp3) is 0.0213. The van der Waals surface area contributed by atoms with Crippen molar-refractivity contribution in [3.63, 3.8) is 0 Å². The molecule has 0 radical (unpaired) electrons. The summed E-state index contributed by atoms with van der Waals surface area (Å²) < 4.78 is 17.8. The van der Waals surface area contributed by atoms with Gasteiger partial charge in [-0.3, -0.25) is 11.1 Å². The summed E-state index contributed by atoms with van der Waals surface area (Å²) in [7, 11) is 2.00. The van der Waals surface area contributed by atoms with Gasteiger partial charge in [0.2, 0.25) is 0 Å². The van der Waals surface area contributed by atoms with Crippen LogP contribution < -0.4 is 14.0 Å². The van der Waals surface area contributed by atoms with Gasteiger partial charge in [0.1, 0.15) is 5.69 Å². The molecule has 0 amide bonds. The third kappa shape index (κ3) is 8.84. The number of aromatic nitrogens is 2. The molecule has 0 saturated carbocycles. The summed E-state index contributed by atoms with van der Waals surface area (Å²) in [5.74, 6) is 2.35. The number of ether oxygens (including phenoxy) is 2. The van der Waals surface area contributed by atoms with Gasteiger partial charge in [0, 0.05) is 41.5 Å². The van der Waals surface area contributed by atoms with Crippen molar-refractivity contribution in [2.45, 2.75) is 0 Å². The van der Waals surface area contributed by atoms with E-state index in [1.807, 2.05) is 113 Å². The van der Waals surface area contributed by atoms with Crippen LogP contribution in [-0.4, -0.2) is 27.2 Å². The molecular formula is C47H28N4O2Pt2+2. The van der Waals surface area contributed by atoms with Crippen molar-refractivity contribution in [1.29, 1.82) is 0 Å². The first-order valence-electron chi connectivity index (χ1n) is 16.8. The molecule has 8 heteroatoms. The summed E-state index contributed by atoms with van der Waals surface area (Å²) in [6.07, 6.45) is 11.8. The Labute approximate surface area is 349 Å². The van der Waals surface area contributed by atoms with Crippen LogP contribution >= 0.6 is 0 Å². The van der Waals surface area contributed by atoms with Crippen LogP contribution in [0.15, 0.2) is 152 Å². The third-order valence-electron chi connectivity index (χ3n) is 8.37. The quantitative estimate of drug-likeness (QED) is 0.0908. The molecule has 1 aliphatic heterocycles. The first-order chi connectivity index (χ1) is 26.1. The van der Waals surface area contributed by atoms with E-state index < -0.39 is 0 Å². The van der Waals surface area contributed by atoms with Crippen molar-refractivity contribution in [3.05, 3.63) is 189 Å². The van der Waals surface area contributed by atoms with Gasteiger partial charge in [-0.1, -0.05) is 57.4 Å². The molecule has 0 saturated heterocycles. The van der Waals surface area contributed by atoms with Gasteiger partial charge in [-0.25, -0.2) is 24.2 Å². The first-order valence-corrected chi connectivity index (χ1v) is 16.8. The fourth-order valence-corrected chi connectivity index (χ4v) is 5.90. The van der Waals surface area contributed by atoms with Crippen molar-refractivity contribution in [1.82, 2.24) is 14.1 Å². The fourth-order valence-electron chi connectivity index (χ4n) is 5.90. The van der Waals surface area contributed by atoms with Crippen molar-refractivity contribution < 1.29 is 56.2 Å². The SMILES string of the molecule is C[N+]1=C=[N+](c2[c-]c(Oc3[c-]c(-c4cc(-c5[c-]c(Oc6[c-]cccc6)ccc5)[c-]cn4)ccc3)ccc2)c2c1ccc1ccccc21.[C-]#Cn1cccc1.[Pt+2].[Pt+4]. The monoisotopic (exact) mass is 1070 g/mol. The van der Waals surface area contributed by atoms with Crippen LogP contribution in [0.2, 0.25) is 0 Å². The molecule has 2 aromatic heterocycles. The molecule has 8 aromatic rings. The van der Waals surface area contributed by atoms with Crippen LogP contribution in [0.25, 0.3) is 33.2 Å². The average Bonchev–Trinajstić information content (AvgIpc) is 3.87. The largest absolute Gasteiger partial charge is 4.00 e. The van der Waals surface area contributed by atoms with E-state index in [-0.39, 0.29) is 42.1 Å². The predicted octanol–water partition coefficient (Wildman–Crippen LogP) is 10.3. The van der Waals surface area contributed by atoms with Gasteiger partial charge in [-0.15, -0.1) is 48.0 Å². The van der Waals surface area contributed by atoms with Gasteiger partial charge in [-0.05, 0) is 29.7 Å². The predicted molar refractivity (Wildman–Crippen MR) is 206 cm³/mol. The topological polar surface area (TPSA) is 42.3 Å². The van der Waals surface area contributed by atoms with E-state index in [4.69, 9.17) is 15.9 Å². The van der Waals surface area contributed by atoms with Gasteiger partial charge in [-0.2, -0.15) is 36.4 Å².